The summed E-state index contributed by atoms with van der Waals surface area (Å²) in [6, 6.07) is 14.1. The number of terminal acetylenes is 1. The summed E-state index contributed by atoms with van der Waals surface area (Å²) in [5.74, 6) is 2.60. The van der Waals surface area contributed by atoms with Gasteiger partial charge in [0.25, 0.3) is 0 Å². The fourth-order valence-corrected chi connectivity index (χ4v) is 2.27. The fourth-order valence-electron chi connectivity index (χ4n) is 2.27. The number of fused-ring (bicyclic) bond motifs is 1. The molecule has 0 saturated heterocycles. The summed E-state index contributed by atoms with van der Waals surface area (Å²) >= 11 is 0. The van der Waals surface area contributed by atoms with Crippen molar-refractivity contribution in [2.75, 3.05) is 0 Å². The summed E-state index contributed by atoms with van der Waals surface area (Å²) < 4.78 is 0. The molecule has 2 aromatic carbocycles. The van der Waals surface area contributed by atoms with Crippen LogP contribution in [0.5, 0.6) is 0 Å². The Morgan fingerprint density at radius 2 is 2.00 bits per heavy atom. The first kappa shape index (κ1) is 14.1. The first-order valence-electron chi connectivity index (χ1n) is 6.96. The molecule has 102 valence electrons. The number of carbonyl (C=O) groups excluding carboxylic acids is 1. The Bertz CT molecular complexity index is 639. The minimum Gasteiger partial charge on any atom is -0.342 e. The fraction of sp³-hybridized carbons (Fsp3) is 0.278. The maximum absolute atomic E-state index is 12.0. The van der Waals surface area contributed by atoms with Crippen molar-refractivity contribution in [1.29, 1.82) is 0 Å². The summed E-state index contributed by atoms with van der Waals surface area (Å²) in [5.41, 5.74) is 1.01. The lowest BCUT2D eigenvalue weighted by molar-refractivity contribution is -0.120. The van der Waals surface area contributed by atoms with Gasteiger partial charge in [-0.3, -0.25) is 4.79 Å². The van der Waals surface area contributed by atoms with Crippen molar-refractivity contribution in [3.8, 4) is 12.3 Å². The highest BCUT2D eigenvalue weighted by molar-refractivity contribution is 5.85. The van der Waals surface area contributed by atoms with Gasteiger partial charge < -0.3 is 5.32 Å². The first-order chi connectivity index (χ1) is 9.72. The van der Waals surface area contributed by atoms with Crippen molar-refractivity contribution in [1.82, 2.24) is 5.32 Å². The Labute approximate surface area is 120 Å². The maximum Gasteiger partial charge on any atom is 0.225 e. The van der Waals surface area contributed by atoms with Gasteiger partial charge >= 0.3 is 0 Å². The molecule has 1 atom stereocenters. The topological polar surface area (TPSA) is 29.1 Å². The van der Waals surface area contributed by atoms with Crippen LogP contribution in [0.2, 0.25) is 0 Å². The number of nitrogens with one attached hydrogen (secondary N) is 1. The van der Waals surface area contributed by atoms with Crippen molar-refractivity contribution < 1.29 is 4.79 Å². The summed E-state index contributed by atoms with van der Waals surface area (Å²) in [4.78, 5) is 12.0. The predicted octanol–water partition coefficient (Wildman–Crippen LogP) is 3.30. The number of hydrogen-bond donors (Lipinski definition) is 1. The lowest BCUT2D eigenvalue weighted by Gasteiger charge is -2.12. The highest BCUT2D eigenvalue weighted by atomic mass is 16.1. The van der Waals surface area contributed by atoms with E-state index in [2.05, 4.69) is 36.4 Å². The zero-order valence-electron chi connectivity index (χ0n) is 11.7. The van der Waals surface area contributed by atoms with E-state index in [9.17, 15) is 4.79 Å². The highest BCUT2D eigenvalue weighted by Gasteiger charge is 2.09. The molecule has 0 saturated carbocycles. The van der Waals surface area contributed by atoms with E-state index in [0.29, 0.717) is 6.42 Å². The molecular weight excluding hydrogens is 246 g/mol. The van der Waals surface area contributed by atoms with Gasteiger partial charge in [-0.2, -0.15) is 0 Å². The Balaban J connectivity index is 2.04. The van der Waals surface area contributed by atoms with Crippen LogP contribution >= 0.6 is 0 Å². The second-order valence-electron chi connectivity index (χ2n) is 4.93. The average Bonchev–Trinajstić information content (AvgIpc) is 2.46. The molecule has 0 aliphatic carbocycles. The van der Waals surface area contributed by atoms with Crippen LogP contribution in [0.25, 0.3) is 10.8 Å². The summed E-state index contributed by atoms with van der Waals surface area (Å²) in [7, 11) is 0. The molecule has 2 aromatic rings. The van der Waals surface area contributed by atoms with Crippen molar-refractivity contribution in [3.63, 3.8) is 0 Å². The number of benzene rings is 2. The van der Waals surface area contributed by atoms with Crippen molar-refractivity contribution in [2.24, 2.45) is 0 Å². The normalized spacial score (nSPS) is 11.8. The van der Waals surface area contributed by atoms with Crippen LogP contribution < -0.4 is 5.32 Å². The van der Waals surface area contributed by atoms with E-state index in [-0.39, 0.29) is 11.9 Å². The molecular formula is C18H19NO. The molecule has 0 bridgehead atoms. The standard InChI is InChI=1S/C18H19NO/c1-3-7-17(4-2)19-18(20)13-14-10-11-15-8-5-6-9-16(15)12-14/h2,5-6,8-12,17H,3,7,13H2,1H3,(H,19,20). The van der Waals surface area contributed by atoms with Crippen molar-refractivity contribution >= 4 is 16.7 Å². The molecule has 0 aliphatic rings. The van der Waals surface area contributed by atoms with Gasteiger partial charge in [-0.25, -0.2) is 0 Å². The van der Waals surface area contributed by atoms with E-state index in [4.69, 9.17) is 6.42 Å². The quantitative estimate of drug-likeness (QED) is 0.826. The van der Waals surface area contributed by atoms with Gasteiger partial charge in [0.05, 0.1) is 12.5 Å². The molecule has 1 unspecified atom stereocenters. The molecule has 0 spiro atoms. The zero-order chi connectivity index (χ0) is 14.4. The van der Waals surface area contributed by atoms with Gasteiger partial charge in [0, 0.05) is 0 Å². The molecule has 0 radical (unpaired) electrons. The zero-order valence-corrected chi connectivity index (χ0v) is 11.7. The Morgan fingerprint density at radius 1 is 1.25 bits per heavy atom. The van der Waals surface area contributed by atoms with Crippen LogP contribution in [0.1, 0.15) is 25.3 Å². The summed E-state index contributed by atoms with van der Waals surface area (Å²) in [5, 5.41) is 5.23. The van der Waals surface area contributed by atoms with Crippen LogP contribution in [0.4, 0.5) is 0 Å². The Hall–Kier alpha value is -2.27. The predicted molar refractivity (Wildman–Crippen MR) is 83.3 cm³/mol. The molecule has 0 heterocycles. The van der Waals surface area contributed by atoms with Gasteiger partial charge in [0.1, 0.15) is 0 Å². The molecule has 2 rings (SSSR count). The molecule has 20 heavy (non-hydrogen) atoms. The first-order valence-corrected chi connectivity index (χ1v) is 6.96. The highest BCUT2D eigenvalue weighted by Crippen LogP contribution is 2.16. The van der Waals surface area contributed by atoms with Gasteiger partial charge in [-0.05, 0) is 22.8 Å². The van der Waals surface area contributed by atoms with Gasteiger partial charge in [0.15, 0.2) is 0 Å². The van der Waals surface area contributed by atoms with E-state index < -0.39 is 0 Å². The minimum absolute atomic E-state index is 0.0170. The molecule has 1 amide bonds. The number of amides is 1. The van der Waals surface area contributed by atoms with E-state index >= 15 is 0 Å². The van der Waals surface area contributed by atoms with E-state index in [1.807, 2.05) is 24.3 Å². The van der Waals surface area contributed by atoms with E-state index in [1.165, 1.54) is 5.39 Å². The van der Waals surface area contributed by atoms with Crippen molar-refractivity contribution in [3.05, 3.63) is 48.0 Å². The van der Waals surface area contributed by atoms with E-state index in [1.54, 1.807) is 0 Å². The lowest BCUT2D eigenvalue weighted by Crippen LogP contribution is -2.34. The second-order valence-corrected chi connectivity index (χ2v) is 4.93. The average molecular weight is 265 g/mol. The van der Waals surface area contributed by atoms with Crippen LogP contribution in [0.3, 0.4) is 0 Å². The molecule has 0 aromatic heterocycles. The minimum atomic E-state index is -0.159. The number of carbonyl (C=O) groups is 1. The molecule has 0 aliphatic heterocycles. The summed E-state index contributed by atoms with van der Waals surface area (Å²) in [6.07, 6.45) is 7.56. The SMILES string of the molecule is C#CC(CCC)NC(=O)Cc1ccc2ccccc2c1. The van der Waals surface area contributed by atoms with E-state index in [0.717, 1.165) is 23.8 Å². The van der Waals surface area contributed by atoms with Crippen LogP contribution in [0, 0.1) is 12.3 Å². The molecule has 2 nitrogen and oxygen atoms in total. The third kappa shape index (κ3) is 3.61. The van der Waals surface area contributed by atoms with Gasteiger partial charge in [-0.15, -0.1) is 6.42 Å². The third-order valence-electron chi connectivity index (χ3n) is 3.29. The van der Waals surface area contributed by atoms with Crippen LogP contribution in [-0.2, 0) is 11.2 Å². The summed E-state index contributed by atoms with van der Waals surface area (Å²) in [6.45, 7) is 2.06. The lowest BCUT2D eigenvalue weighted by atomic mass is 10.0. The van der Waals surface area contributed by atoms with Crippen molar-refractivity contribution in [2.45, 2.75) is 32.2 Å². The second kappa shape index (κ2) is 6.77. The molecule has 0 fully saturated rings. The van der Waals surface area contributed by atoms with Crippen LogP contribution in [-0.4, -0.2) is 11.9 Å². The smallest absolute Gasteiger partial charge is 0.225 e. The molecule has 1 N–H and O–H groups in total. The Morgan fingerprint density at radius 3 is 2.70 bits per heavy atom. The van der Waals surface area contributed by atoms with Crippen LogP contribution in [0.15, 0.2) is 42.5 Å². The third-order valence-corrected chi connectivity index (χ3v) is 3.29. The number of rotatable bonds is 5. The molecule has 2 heteroatoms. The number of hydrogen-bond acceptors (Lipinski definition) is 1. The van der Waals surface area contributed by atoms with Gasteiger partial charge in [0.2, 0.25) is 5.91 Å². The van der Waals surface area contributed by atoms with Gasteiger partial charge in [-0.1, -0.05) is 61.7 Å². The Kier molecular flexibility index (Phi) is 4.79. The maximum atomic E-state index is 12.0. The monoisotopic (exact) mass is 265 g/mol. The largest absolute Gasteiger partial charge is 0.342 e.